The van der Waals surface area contributed by atoms with Gasteiger partial charge in [-0.3, -0.25) is 19.7 Å². The molecule has 19 heavy (non-hydrogen) atoms. The summed E-state index contributed by atoms with van der Waals surface area (Å²) >= 11 is 0. The highest BCUT2D eigenvalue weighted by Crippen LogP contribution is 2.33. The van der Waals surface area contributed by atoms with Crippen LogP contribution in [0.2, 0.25) is 0 Å². The monoisotopic (exact) mass is 258 g/mol. The third-order valence-corrected chi connectivity index (χ3v) is 4.00. The van der Waals surface area contributed by atoms with Gasteiger partial charge in [-0.2, -0.15) is 0 Å². The number of amides is 3. The van der Waals surface area contributed by atoms with Crippen LogP contribution in [0.15, 0.2) is 24.3 Å². The fraction of sp³-hybridized carbons (Fsp3) is 0.357. The van der Waals surface area contributed by atoms with E-state index in [1.807, 2.05) is 18.2 Å². The summed E-state index contributed by atoms with van der Waals surface area (Å²) in [5.41, 5.74) is 0.635. The smallest absolute Gasteiger partial charge is 0.255 e. The molecule has 1 aromatic carbocycles. The van der Waals surface area contributed by atoms with E-state index in [9.17, 15) is 14.4 Å². The van der Waals surface area contributed by atoms with Crippen molar-refractivity contribution in [1.29, 1.82) is 0 Å². The summed E-state index contributed by atoms with van der Waals surface area (Å²) in [6.45, 7) is 2.14. The van der Waals surface area contributed by atoms with E-state index >= 15 is 0 Å². The summed E-state index contributed by atoms with van der Waals surface area (Å²) in [6.07, 6.45) is 0.639. The van der Waals surface area contributed by atoms with Crippen LogP contribution in [0, 0.1) is 0 Å². The maximum absolute atomic E-state index is 12.4. The molecule has 1 aromatic rings. The van der Waals surface area contributed by atoms with Crippen molar-refractivity contribution in [2.24, 2.45) is 0 Å². The van der Waals surface area contributed by atoms with Crippen LogP contribution < -0.4 is 5.32 Å². The molecular weight excluding hydrogens is 244 g/mol. The van der Waals surface area contributed by atoms with Crippen LogP contribution in [0.1, 0.15) is 35.7 Å². The lowest BCUT2D eigenvalue weighted by atomic mass is 9.89. The largest absolute Gasteiger partial charge is 0.320 e. The number of benzene rings is 1. The van der Waals surface area contributed by atoms with Gasteiger partial charge < -0.3 is 4.90 Å². The van der Waals surface area contributed by atoms with Gasteiger partial charge in [0.1, 0.15) is 5.54 Å². The Morgan fingerprint density at radius 1 is 1.21 bits per heavy atom. The maximum atomic E-state index is 12.4. The number of rotatable bonds is 1. The highest BCUT2D eigenvalue weighted by molar-refractivity contribution is 6.07. The summed E-state index contributed by atoms with van der Waals surface area (Å²) < 4.78 is 0. The highest BCUT2D eigenvalue weighted by atomic mass is 16.2. The van der Waals surface area contributed by atoms with Crippen LogP contribution in [0.3, 0.4) is 0 Å². The second kappa shape index (κ2) is 3.91. The Hall–Kier alpha value is -2.17. The van der Waals surface area contributed by atoms with E-state index in [2.05, 4.69) is 5.32 Å². The van der Waals surface area contributed by atoms with Gasteiger partial charge in [-0.15, -0.1) is 0 Å². The van der Waals surface area contributed by atoms with E-state index < -0.39 is 5.54 Å². The van der Waals surface area contributed by atoms with E-state index in [4.69, 9.17) is 0 Å². The van der Waals surface area contributed by atoms with Gasteiger partial charge in [-0.1, -0.05) is 18.2 Å². The van der Waals surface area contributed by atoms with Gasteiger partial charge in [0.2, 0.25) is 5.91 Å². The number of carbonyl (C=O) groups excluding carboxylic acids is 3. The summed E-state index contributed by atoms with van der Waals surface area (Å²) in [5, 5.41) is 2.32. The first kappa shape index (κ1) is 11.9. The number of nitrogens with zero attached hydrogens (tertiary/aromatic N) is 1. The summed E-state index contributed by atoms with van der Waals surface area (Å²) in [7, 11) is 0. The molecule has 3 amide bonds. The Balaban J connectivity index is 1.95. The molecule has 1 N–H and O–H groups in total. The summed E-state index contributed by atoms with van der Waals surface area (Å²) in [5.74, 6) is -0.792. The van der Waals surface area contributed by atoms with Gasteiger partial charge in [0.15, 0.2) is 0 Å². The quantitative estimate of drug-likeness (QED) is 0.759. The number of hydrogen-bond donors (Lipinski definition) is 1. The number of nitrogens with one attached hydrogen (secondary N) is 1. The molecule has 0 bridgehead atoms. The van der Waals surface area contributed by atoms with E-state index in [1.165, 1.54) is 0 Å². The molecule has 2 heterocycles. The average molecular weight is 258 g/mol. The van der Waals surface area contributed by atoms with Crippen molar-refractivity contribution in [3.05, 3.63) is 35.4 Å². The predicted octanol–water partition coefficient (Wildman–Crippen LogP) is 0.838. The zero-order valence-electron chi connectivity index (χ0n) is 10.6. The van der Waals surface area contributed by atoms with Crippen molar-refractivity contribution in [2.75, 3.05) is 0 Å². The van der Waals surface area contributed by atoms with Crippen molar-refractivity contribution in [3.8, 4) is 0 Å². The number of hydrogen-bond acceptors (Lipinski definition) is 3. The van der Waals surface area contributed by atoms with Crippen LogP contribution in [0.5, 0.6) is 0 Å². The minimum Gasteiger partial charge on any atom is -0.320 e. The Bertz CT molecular complexity index is 596. The topological polar surface area (TPSA) is 66.5 Å². The highest BCUT2D eigenvalue weighted by Gasteiger charge is 2.48. The molecule has 0 saturated carbocycles. The fourth-order valence-electron chi connectivity index (χ4n) is 2.70. The van der Waals surface area contributed by atoms with Crippen LogP contribution in [-0.4, -0.2) is 28.2 Å². The van der Waals surface area contributed by atoms with Crippen molar-refractivity contribution in [3.63, 3.8) is 0 Å². The van der Waals surface area contributed by atoms with Crippen LogP contribution >= 0.6 is 0 Å². The molecule has 5 heteroatoms. The number of piperidine rings is 1. The lowest BCUT2D eigenvalue weighted by molar-refractivity contribution is -0.142. The van der Waals surface area contributed by atoms with Gasteiger partial charge in [0.05, 0.1) is 0 Å². The molecule has 1 saturated heterocycles. The first-order chi connectivity index (χ1) is 9.02. The first-order valence-corrected chi connectivity index (χ1v) is 6.26. The molecule has 0 radical (unpaired) electrons. The van der Waals surface area contributed by atoms with Crippen LogP contribution in [-0.2, 0) is 16.1 Å². The standard InChI is InChI=1S/C14H14N2O3/c1-14(7-6-11(17)15-13(14)19)16-8-9-4-2-3-5-10(9)12(16)18/h2-5H,6-8H2,1H3,(H,15,17,19)/t14-/m0/s1. The van der Waals surface area contributed by atoms with E-state index in [-0.39, 0.29) is 24.1 Å². The lowest BCUT2D eigenvalue weighted by Crippen LogP contribution is -2.61. The Labute approximate surface area is 110 Å². The number of imide groups is 1. The molecule has 2 aliphatic heterocycles. The lowest BCUT2D eigenvalue weighted by Gasteiger charge is -2.39. The third-order valence-electron chi connectivity index (χ3n) is 4.00. The molecule has 1 atom stereocenters. The molecule has 98 valence electrons. The normalized spacial score (nSPS) is 26.4. The third kappa shape index (κ3) is 1.65. The minimum absolute atomic E-state index is 0.136. The predicted molar refractivity (Wildman–Crippen MR) is 67.1 cm³/mol. The SMILES string of the molecule is C[C@]1(N2Cc3ccccc3C2=O)CCC(=O)NC1=O. The van der Waals surface area contributed by atoms with Gasteiger partial charge in [0.25, 0.3) is 11.8 Å². The van der Waals surface area contributed by atoms with E-state index in [0.29, 0.717) is 18.5 Å². The molecule has 0 spiro atoms. The van der Waals surface area contributed by atoms with E-state index in [0.717, 1.165) is 5.56 Å². The first-order valence-electron chi connectivity index (χ1n) is 6.26. The number of carbonyl (C=O) groups is 3. The Morgan fingerprint density at radius 2 is 1.95 bits per heavy atom. The van der Waals surface area contributed by atoms with Crippen LogP contribution in [0.25, 0.3) is 0 Å². The number of fused-ring (bicyclic) bond motifs is 1. The Morgan fingerprint density at radius 3 is 2.63 bits per heavy atom. The van der Waals surface area contributed by atoms with Gasteiger partial charge in [-0.05, 0) is 25.0 Å². The average Bonchev–Trinajstić information content (AvgIpc) is 2.73. The van der Waals surface area contributed by atoms with Crippen LogP contribution in [0.4, 0.5) is 0 Å². The second-order valence-corrected chi connectivity index (χ2v) is 5.20. The van der Waals surface area contributed by atoms with E-state index in [1.54, 1.807) is 17.9 Å². The summed E-state index contributed by atoms with van der Waals surface area (Å²) in [6, 6.07) is 7.35. The van der Waals surface area contributed by atoms with Gasteiger partial charge >= 0.3 is 0 Å². The Kier molecular flexibility index (Phi) is 2.45. The van der Waals surface area contributed by atoms with Gasteiger partial charge in [0, 0.05) is 18.5 Å². The van der Waals surface area contributed by atoms with Crippen molar-refractivity contribution in [1.82, 2.24) is 10.2 Å². The maximum Gasteiger partial charge on any atom is 0.255 e. The molecule has 0 aliphatic carbocycles. The molecular formula is C14H14N2O3. The molecule has 2 aliphatic rings. The van der Waals surface area contributed by atoms with Crippen molar-refractivity contribution < 1.29 is 14.4 Å². The second-order valence-electron chi connectivity index (χ2n) is 5.20. The zero-order chi connectivity index (χ0) is 13.6. The summed E-state index contributed by atoms with van der Waals surface area (Å²) in [4.78, 5) is 37.3. The van der Waals surface area contributed by atoms with Crippen molar-refractivity contribution in [2.45, 2.75) is 31.8 Å². The molecule has 0 aromatic heterocycles. The van der Waals surface area contributed by atoms with Gasteiger partial charge in [-0.25, -0.2) is 0 Å². The zero-order valence-corrected chi connectivity index (χ0v) is 10.6. The fourth-order valence-corrected chi connectivity index (χ4v) is 2.70. The molecule has 0 unspecified atom stereocenters. The molecule has 3 rings (SSSR count). The minimum atomic E-state index is -0.940. The van der Waals surface area contributed by atoms with Crippen molar-refractivity contribution >= 4 is 17.7 Å². The molecule has 5 nitrogen and oxygen atoms in total. The molecule has 1 fully saturated rings.